The summed E-state index contributed by atoms with van der Waals surface area (Å²) in [6, 6.07) is 9.09. The van der Waals surface area contributed by atoms with Crippen LogP contribution in [0, 0.1) is 11.8 Å². The molecule has 2 aromatic rings. The average molecular weight is 683 g/mol. The van der Waals surface area contributed by atoms with Crippen molar-refractivity contribution in [2.75, 3.05) is 13.7 Å². The van der Waals surface area contributed by atoms with E-state index in [-0.39, 0.29) is 30.0 Å². The highest BCUT2D eigenvalue weighted by molar-refractivity contribution is 5.99. The van der Waals surface area contributed by atoms with E-state index >= 15 is 0 Å². The lowest BCUT2D eigenvalue weighted by atomic mass is 9.91. The Kier molecular flexibility index (Phi) is 16.0. The van der Waals surface area contributed by atoms with E-state index in [9.17, 15) is 24.0 Å². The number of amides is 1. The van der Waals surface area contributed by atoms with Crippen molar-refractivity contribution in [3.63, 3.8) is 0 Å². The Labute approximate surface area is 288 Å². The zero-order valence-electron chi connectivity index (χ0n) is 29.2. The number of pyridine rings is 1. The second kappa shape index (κ2) is 20.1. The molecule has 12 heteroatoms. The number of benzene rings is 1. The van der Waals surface area contributed by atoms with Gasteiger partial charge in [0.25, 0.3) is 5.91 Å². The summed E-state index contributed by atoms with van der Waals surface area (Å²) in [7, 11) is 1.36. The molecule has 0 aliphatic carbocycles. The van der Waals surface area contributed by atoms with Gasteiger partial charge in [0, 0.05) is 18.7 Å². The molecule has 3 rings (SSSR count). The van der Waals surface area contributed by atoms with Gasteiger partial charge in [0.05, 0.1) is 13.0 Å². The second-order valence-electron chi connectivity index (χ2n) is 12.5. The lowest BCUT2D eigenvalue weighted by Crippen LogP contribution is -2.47. The summed E-state index contributed by atoms with van der Waals surface area (Å²) in [6.45, 7) is 6.43. The van der Waals surface area contributed by atoms with Gasteiger partial charge in [-0.25, -0.2) is 9.78 Å². The highest BCUT2D eigenvalue weighted by Gasteiger charge is 2.42. The number of methoxy groups -OCH3 is 1. The van der Waals surface area contributed by atoms with Crippen molar-refractivity contribution in [3.8, 4) is 11.5 Å². The Balaban J connectivity index is 1.74. The number of carbonyl (C=O) groups is 5. The molecule has 0 spiro atoms. The van der Waals surface area contributed by atoms with E-state index < -0.39 is 66.5 Å². The summed E-state index contributed by atoms with van der Waals surface area (Å²) < 4.78 is 27.8. The number of ether oxygens (including phenoxy) is 5. The standard InChI is InChI=1S/C37H50N2O10/c1-6-7-8-9-10-11-12-16-19-30(40)48-33-29(45-5)20-21-38-31(33)34(41)39-28-23-46-36(43)27(22-26-17-14-13-15-18-26)32(25(4)47-37(28)44)49-35(42)24(2)3/h13-15,17-18,20-21,24-25,27-28,32H,6-12,16,19,22-23H2,1-5H3,(H,39,41)/t25-,27+,28?,32?/m0/s1. The molecule has 1 amide bonds. The number of aromatic nitrogens is 1. The van der Waals surface area contributed by atoms with Gasteiger partial charge >= 0.3 is 23.9 Å². The smallest absolute Gasteiger partial charge is 0.332 e. The highest BCUT2D eigenvalue weighted by atomic mass is 16.6. The number of rotatable bonds is 17. The molecule has 1 aromatic heterocycles. The van der Waals surface area contributed by atoms with Crippen LogP contribution in [0.4, 0.5) is 0 Å². The Bertz CT molecular complexity index is 1400. The van der Waals surface area contributed by atoms with Crippen molar-refractivity contribution in [1.29, 1.82) is 0 Å². The summed E-state index contributed by atoms with van der Waals surface area (Å²) >= 11 is 0. The van der Waals surface area contributed by atoms with Crippen LogP contribution in [-0.2, 0) is 39.8 Å². The van der Waals surface area contributed by atoms with Crippen molar-refractivity contribution in [3.05, 3.63) is 53.9 Å². The molecule has 1 saturated heterocycles. The van der Waals surface area contributed by atoms with E-state index in [1.54, 1.807) is 13.8 Å². The van der Waals surface area contributed by atoms with Crippen LogP contribution in [0.2, 0.25) is 0 Å². The van der Waals surface area contributed by atoms with Crippen LogP contribution < -0.4 is 14.8 Å². The minimum absolute atomic E-state index is 0.0973. The Hall–Kier alpha value is -4.48. The molecule has 1 N–H and O–H groups in total. The SMILES string of the molecule is CCCCCCCCCCC(=O)Oc1c(OC)ccnc1C(=O)NC1COC(=O)[C@H](Cc2ccccc2)C(OC(=O)C(C)C)[C@H](C)OC1=O. The van der Waals surface area contributed by atoms with Crippen molar-refractivity contribution in [2.45, 2.75) is 110 Å². The van der Waals surface area contributed by atoms with Crippen LogP contribution in [0.15, 0.2) is 42.6 Å². The summed E-state index contributed by atoms with van der Waals surface area (Å²) in [5.74, 6) is -5.27. The van der Waals surface area contributed by atoms with Gasteiger partial charge in [-0.1, -0.05) is 96.0 Å². The first-order valence-corrected chi connectivity index (χ1v) is 17.2. The molecule has 12 nitrogen and oxygen atoms in total. The quantitative estimate of drug-likeness (QED) is 0.127. The molecule has 1 aliphatic rings. The third-order valence-corrected chi connectivity index (χ3v) is 8.22. The Morgan fingerprint density at radius 2 is 1.63 bits per heavy atom. The van der Waals surface area contributed by atoms with Gasteiger partial charge in [0.15, 0.2) is 23.6 Å². The minimum Gasteiger partial charge on any atom is -0.493 e. The Morgan fingerprint density at radius 1 is 0.959 bits per heavy atom. The summed E-state index contributed by atoms with van der Waals surface area (Å²) in [4.78, 5) is 69.9. The van der Waals surface area contributed by atoms with E-state index in [0.29, 0.717) is 6.42 Å². The number of nitrogens with one attached hydrogen (secondary N) is 1. The van der Waals surface area contributed by atoms with Crippen LogP contribution in [0.1, 0.15) is 102 Å². The maximum absolute atomic E-state index is 13.5. The molecule has 4 atom stereocenters. The fourth-order valence-corrected chi connectivity index (χ4v) is 5.40. The highest BCUT2D eigenvalue weighted by Crippen LogP contribution is 2.31. The van der Waals surface area contributed by atoms with Crippen LogP contribution in [0.3, 0.4) is 0 Å². The van der Waals surface area contributed by atoms with Crippen molar-refractivity contribution < 1.29 is 47.7 Å². The van der Waals surface area contributed by atoms with Gasteiger partial charge in [-0.2, -0.15) is 0 Å². The number of hydrogen-bond donors (Lipinski definition) is 1. The molecular weight excluding hydrogens is 632 g/mol. The number of hydrogen-bond acceptors (Lipinski definition) is 11. The molecule has 268 valence electrons. The predicted molar refractivity (Wildman–Crippen MR) is 180 cm³/mol. The van der Waals surface area contributed by atoms with Crippen molar-refractivity contribution in [1.82, 2.24) is 10.3 Å². The first kappa shape index (κ1) is 39.0. The van der Waals surface area contributed by atoms with Gasteiger partial charge in [-0.05, 0) is 25.3 Å². The van der Waals surface area contributed by atoms with E-state index in [2.05, 4.69) is 17.2 Å². The molecule has 0 saturated carbocycles. The van der Waals surface area contributed by atoms with Crippen LogP contribution in [-0.4, -0.2) is 66.7 Å². The lowest BCUT2D eigenvalue weighted by molar-refractivity contribution is -0.176. The topological polar surface area (TPSA) is 156 Å². The number of cyclic esters (lactones) is 2. The zero-order valence-corrected chi connectivity index (χ0v) is 29.2. The fraction of sp³-hybridized carbons (Fsp3) is 0.568. The van der Waals surface area contributed by atoms with Gasteiger partial charge in [0.2, 0.25) is 5.75 Å². The summed E-state index contributed by atoms with van der Waals surface area (Å²) in [5.41, 5.74) is 0.479. The van der Waals surface area contributed by atoms with Crippen molar-refractivity contribution >= 4 is 29.8 Å². The van der Waals surface area contributed by atoms with E-state index in [1.165, 1.54) is 52.0 Å². The molecule has 1 aliphatic heterocycles. The van der Waals surface area contributed by atoms with E-state index in [1.807, 2.05) is 30.3 Å². The normalized spacial score (nSPS) is 19.5. The maximum Gasteiger partial charge on any atom is 0.332 e. The fourth-order valence-electron chi connectivity index (χ4n) is 5.40. The number of esters is 4. The first-order valence-electron chi connectivity index (χ1n) is 17.2. The van der Waals surface area contributed by atoms with Gasteiger partial charge in [-0.3, -0.25) is 19.2 Å². The molecule has 2 heterocycles. The second-order valence-corrected chi connectivity index (χ2v) is 12.5. The average Bonchev–Trinajstić information content (AvgIpc) is 3.12. The summed E-state index contributed by atoms with van der Waals surface area (Å²) in [6.07, 6.45) is 7.82. The summed E-state index contributed by atoms with van der Waals surface area (Å²) in [5, 5.41) is 2.50. The minimum atomic E-state index is -1.45. The Morgan fingerprint density at radius 3 is 2.29 bits per heavy atom. The molecule has 2 unspecified atom stereocenters. The van der Waals surface area contributed by atoms with Crippen molar-refractivity contribution in [2.24, 2.45) is 11.8 Å². The van der Waals surface area contributed by atoms with Gasteiger partial charge in [-0.15, -0.1) is 0 Å². The molecule has 1 fully saturated rings. The number of unbranched alkanes of at least 4 members (excludes halogenated alkanes) is 7. The zero-order chi connectivity index (χ0) is 35.8. The largest absolute Gasteiger partial charge is 0.493 e. The van der Waals surface area contributed by atoms with Gasteiger partial charge < -0.3 is 29.0 Å². The van der Waals surface area contributed by atoms with Crippen LogP contribution >= 0.6 is 0 Å². The number of carbonyl (C=O) groups excluding carboxylic acids is 5. The molecule has 0 radical (unpaired) electrons. The maximum atomic E-state index is 13.5. The molecule has 0 bridgehead atoms. The molecule has 1 aromatic carbocycles. The molecule has 49 heavy (non-hydrogen) atoms. The van der Waals surface area contributed by atoms with Gasteiger partial charge in [0.1, 0.15) is 18.6 Å². The third kappa shape index (κ3) is 12.2. The predicted octanol–water partition coefficient (Wildman–Crippen LogP) is 5.54. The monoisotopic (exact) mass is 682 g/mol. The third-order valence-electron chi connectivity index (χ3n) is 8.22. The van der Waals surface area contributed by atoms with Crippen LogP contribution in [0.5, 0.6) is 11.5 Å². The first-order chi connectivity index (χ1) is 23.5. The number of nitrogens with zero attached hydrogens (tertiary/aromatic N) is 1. The van der Waals surface area contributed by atoms with E-state index in [4.69, 9.17) is 23.7 Å². The lowest BCUT2D eigenvalue weighted by Gasteiger charge is -2.29. The molecular formula is C37H50N2O10. The van der Waals surface area contributed by atoms with E-state index in [0.717, 1.165) is 24.8 Å². The van der Waals surface area contributed by atoms with Crippen LogP contribution in [0.25, 0.3) is 0 Å².